The molecule has 0 N–H and O–H groups in total. The molecule has 0 amide bonds. The van der Waals surface area contributed by atoms with E-state index < -0.39 is 0 Å². The summed E-state index contributed by atoms with van der Waals surface area (Å²) in [7, 11) is 0. The molecule has 0 atom stereocenters. The van der Waals surface area contributed by atoms with Gasteiger partial charge in [-0.3, -0.25) is 0 Å². The average molecular weight is 142 g/mol. The summed E-state index contributed by atoms with van der Waals surface area (Å²) in [5.74, 6) is 0. The van der Waals surface area contributed by atoms with Gasteiger partial charge < -0.3 is 1.43 Å². The third-order valence-corrected chi connectivity index (χ3v) is 1.41. The zero-order chi connectivity index (χ0) is 6.69. The minimum absolute atomic E-state index is 0. The fourth-order valence-electron chi connectivity index (χ4n) is 0.816. The van der Waals surface area contributed by atoms with Crippen LogP contribution in [0.3, 0.4) is 0 Å². The Hall–Kier alpha value is -0.0400. The Balaban J connectivity index is 0. The third kappa shape index (κ3) is 2.30. The molecule has 0 saturated heterocycles. The van der Waals surface area contributed by atoms with Crippen LogP contribution in [0, 0.1) is 6.92 Å². The molecule has 1 heteroatoms. The van der Waals surface area contributed by atoms with Crippen LogP contribution in [0.1, 0.15) is 12.6 Å². The van der Waals surface area contributed by atoms with E-state index >= 15 is 0 Å². The zero-order valence-corrected chi connectivity index (χ0v) is 8.59. The summed E-state index contributed by atoms with van der Waals surface area (Å²) in [5, 5.41) is 0. The van der Waals surface area contributed by atoms with Crippen LogP contribution >= 0.6 is 0 Å². The largest absolute Gasteiger partial charge is 1.00 e. The maximum Gasteiger partial charge on any atom is 1.00 e. The van der Waals surface area contributed by atoms with Crippen LogP contribution in [0.4, 0.5) is 0 Å². The number of benzene rings is 1. The predicted octanol–water partition coefficient (Wildman–Crippen LogP) is -0.245. The van der Waals surface area contributed by atoms with Gasteiger partial charge in [-0.2, -0.15) is 0 Å². The monoisotopic (exact) mass is 142 g/mol. The molecule has 0 heterocycles. The van der Waals surface area contributed by atoms with Gasteiger partial charge in [0.1, 0.15) is 0 Å². The van der Waals surface area contributed by atoms with E-state index in [1.165, 1.54) is 11.1 Å². The molecule has 0 aromatic heterocycles. The quantitative estimate of drug-likeness (QED) is 0.474. The summed E-state index contributed by atoms with van der Waals surface area (Å²) in [5.41, 5.74) is 2.50. The summed E-state index contributed by atoms with van der Waals surface area (Å²) in [6.45, 7) is 5.77. The fourth-order valence-corrected chi connectivity index (χ4v) is 0.816. The number of hydrogen-bond donors (Lipinski definition) is 0. The van der Waals surface area contributed by atoms with E-state index in [0.717, 1.165) is 0 Å². The average Bonchev–Trinajstić information content (AvgIpc) is 1.89. The van der Waals surface area contributed by atoms with E-state index in [1.54, 1.807) is 0 Å². The van der Waals surface area contributed by atoms with E-state index in [2.05, 4.69) is 25.6 Å². The van der Waals surface area contributed by atoms with Crippen molar-refractivity contribution in [2.45, 2.75) is 6.92 Å². The van der Waals surface area contributed by atoms with E-state index in [4.69, 9.17) is 0 Å². The molecular formula is C9H11Na. The molecule has 0 unspecified atom stereocenters. The molecule has 48 valence electrons. The van der Waals surface area contributed by atoms with Crippen LogP contribution in [-0.2, 0) is 0 Å². The molecule has 0 nitrogen and oxygen atoms in total. The molecule has 0 saturated carbocycles. The first-order chi connectivity index (χ1) is 4.34. The molecule has 0 aliphatic carbocycles. The first kappa shape index (κ1) is 9.96. The zero-order valence-electron chi connectivity index (χ0n) is 7.59. The van der Waals surface area contributed by atoms with Gasteiger partial charge in [0.2, 0.25) is 0 Å². The molecule has 0 spiro atoms. The third-order valence-electron chi connectivity index (χ3n) is 1.41. The maximum absolute atomic E-state index is 3.69. The first-order valence-corrected chi connectivity index (χ1v) is 3.02. The second-order valence-electron chi connectivity index (χ2n) is 2.06. The maximum atomic E-state index is 3.69. The Morgan fingerprint density at radius 3 is 2.40 bits per heavy atom. The van der Waals surface area contributed by atoms with Gasteiger partial charge in [0, 0.05) is 0 Å². The van der Waals surface area contributed by atoms with Crippen molar-refractivity contribution in [3.63, 3.8) is 0 Å². The molecule has 0 fully saturated rings. The summed E-state index contributed by atoms with van der Waals surface area (Å²) in [4.78, 5) is 0. The van der Waals surface area contributed by atoms with Crippen LogP contribution in [0.25, 0.3) is 6.08 Å². The molecular weight excluding hydrogens is 131 g/mol. The van der Waals surface area contributed by atoms with Crippen molar-refractivity contribution in [2.75, 3.05) is 0 Å². The van der Waals surface area contributed by atoms with Gasteiger partial charge in [-0.05, 0) is 18.1 Å². The molecule has 1 rings (SSSR count). The van der Waals surface area contributed by atoms with E-state index in [-0.39, 0.29) is 31.0 Å². The summed E-state index contributed by atoms with van der Waals surface area (Å²) in [6.07, 6.45) is 1.87. The number of hydrogen-bond acceptors (Lipinski definition) is 0. The van der Waals surface area contributed by atoms with Crippen molar-refractivity contribution in [3.8, 4) is 0 Å². The van der Waals surface area contributed by atoms with Crippen LogP contribution in [0.2, 0.25) is 0 Å². The van der Waals surface area contributed by atoms with E-state index in [0.29, 0.717) is 0 Å². The second-order valence-corrected chi connectivity index (χ2v) is 2.06. The van der Waals surface area contributed by atoms with Crippen molar-refractivity contribution in [3.05, 3.63) is 42.0 Å². The van der Waals surface area contributed by atoms with Crippen molar-refractivity contribution in [1.82, 2.24) is 0 Å². The van der Waals surface area contributed by atoms with Crippen molar-refractivity contribution >= 4 is 6.08 Å². The SMILES string of the molecule is C=Cc1ccccc1C.[H-].[Na+]. The smallest absolute Gasteiger partial charge is 1.00 e. The van der Waals surface area contributed by atoms with Crippen molar-refractivity contribution in [1.29, 1.82) is 0 Å². The molecule has 0 bridgehead atoms. The fraction of sp³-hybridized carbons (Fsp3) is 0.111. The molecule has 0 aliphatic heterocycles. The van der Waals surface area contributed by atoms with Crippen LogP contribution in [0.15, 0.2) is 30.8 Å². The Morgan fingerprint density at radius 1 is 1.40 bits per heavy atom. The Bertz CT molecular complexity index is 221. The van der Waals surface area contributed by atoms with Crippen LogP contribution in [0.5, 0.6) is 0 Å². The molecule has 0 aliphatic rings. The molecule has 1 aromatic carbocycles. The molecule has 10 heavy (non-hydrogen) atoms. The first-order valence-electron chi connectivity index (χ1n) is 3.02. The van der Waals surface area contributed by atoms with E-state index in [1.807, 2.05) is 18.2 Å². The van der Waals surface area contributed by atoms with Gasteiger partial charge in [0.25, 0.3) is 0 Å². The minimum atomic E-state index is 0. The van der Waals surface area contributed by atoms with Crippen molar-refractivity contribution in [2.24, 2.45) is 0 Å². The number of rotatable bonds is 1. The van der Waals surface area contributed by atoms with Crippen LogP contribution < -0.4 is 29.6 Å². The standard InChI is InChI=1S/C9H10.Na.H/c1-3-9-7-5-4-6-8(9)2;;/h3-7H,1H2,2H3;;/q;+1;-1. The van der Waals surface area contributed by atoms with Gasteiger partial charge in [-0.25, -0.2) is 0 Å². The van der Waals surface area contributed by atoms with Gasteiger partial charge >= 0.3 is 29.6 Å². The Kier molecular flexibility index (Phi) is 4.71. The van der Waals surface area contributed by atoms with Crippen molar-refractivity contribution < 1.29 is 31.0 Å². The van der Waals surface area contributed by atoms with Crippen LogP contribution in [-0.4, -0.2) is 0 Å². The summed E-state index contributed by atoms with van der Waals surface area (Å²) in [6, 6.07) is 8.19. The van der Waals surface area contributed by atoms with E-state index in [9.17, 15) is 0 Å². The Morgan fingerprint density at radius 2 is 2.00 bits per heavy atom. The predicted molar refractivity (Wildman–Crippen MR) is 42.4 cm³/mol. The summed E-state index contributed by atoms with van der Waals surface area (Å²) >= 11 is 0. The second kappa shape index (κ2) is 4.73. The van der Waals surface area contributed by atoms with Gasteiger partial charge in [-0.1, -0.05) is 36.9 Å². The normalized spacial score (nSPS) is 8.10. The van der Waals surface area contributed by atoms with Gasteiger partial charge in [0.05, 0.1) is 0 Å². The topological polar surface area (TPSA) is 0 Å². The Labute approximate surface area is 85.7 Å². The number of aryl methyl sites for hydroxylation is 1. The summed E-state index contributed by atoms with van der Waals surface area (Å²) < 4.78 is 0. The van der Waals surface area contributed by atoms with Gasteiger partial charge in [-0.15, -0.1) is 0 Å². The van der Waals surface area contributed by atoms with Gasteiger partial charge in [0.15, 0.2) is 0 Å². The molecule has 0 radical (unpaired) electrons. The molecule has 1 aromatic rings. The minimum Gasteiger partial charge on any atom is -1.00 e.